The molecule has 35 heavy (non-hydrogen) atoms. The van der Waals surface area contributed by atoms with Crippen LogP contribution in [0.3, 0.4) is 0 Å². The Morgan fingerprint density at radius 1 is 1.14 bits per heavy atom. The number of aryl methyl sites for hydroxylation is 1. The van der Waals surface area contributed by atoms with Crippen LogP contribution in [0.1, 0.15) is 41.3 Å². The van der Waals surface area contributed by atoms with Crippen molar-refractivity contribution in [1.82, 2.24) is 19.9 Å². The molecule has 0 aliphatic carbocycles. The summed E-state index contributed by atoms with van der Waals surface area (Å²) in [6.07, 6.45) is 0.799. The highest BCUT2D eigenvalue weighted by molar-refractivity contribution is 6.01. The van der Waals surface area contributed by atoms with E-state index >= 15 is 4.39 Å². The number of benzene rings is 1. The number of hydrogen-bond acceptors (Lipinski definition) is 5. The maximum absolute atomic E-state index is 15.3. The van der Waals surface area contributed by atoms with Crippen LogP contribution in [0.15, 0.2) is 48.9 Å². The highest BCUT2D eigenvalue weighted by atomic mass is 19.4. The summed E-state index contributed by atoms with van der Waals surface area (Å²) in [5.74, 6) is -0.868. The van der Waals surface area contributed by atoms with E-state index in [4.69, 9.17) is 4.74 Å². The van der Waals surface area contributed by atoms with E-state index < -0.39 is 29.5 Å². The van der Waals surface area contributed by atoms with Gasteiger partial charge < -0.3 is 9.64 Å². The Kier molecular flexibility index (Phi) is 7.00. The average Bonchev–Trinajstić information content (AvgIpc) is 2.84. The van der Waals surface area contributed by atoms with Crippen molar-refractivity contribution in [3.63, 3.8) is 0 Å². The van der Waals surface area contributed by atoms with Crippen LogP contribution < -0.4 is 4.74 Å². The number of ether oxygens (including phenoxy) is 1. The lowest BCUT2D eigenvalue weighted by Gasteiger charge is -2.40. The topological polar surface area (TPSA) is 68.2 Å². The smallest absolute Gasteiger partial charge is 0.417 e. The molecule has 0 spiro atoms. The van der Waals surface area contributed by atoms with Crippen molar-refractivity contribution in [1.29, 1.82) is 0 Å². The lowest BCUT2D eigenvalue weighted by Crippen LogP contribution is -2.51. The van der Waals surface area contributed by atoms with Crippen molar-refractivity contribution in [3.8, 4) is 17.3 Å². The van der Waals surface area contributed by atoms with E-state index in [1.807, 2.05) is 6.92 Å². The number of likely N-dealkylation sites (tertiary alicyclic amines) is 1. The first-order valence-corrected chi connectivity index (χ1v) is 11.2. The molecule has 6 nitrogen and oxygen atoms in total. The molecule has 0 N–H and O–H groups in total. The van der Waals surface area contributed by atoms with Gasteiger partial charge in [-0.2, -0.15) is 13.2 Å². The number of rotatable bonds is 5. The monoisotopic (exact) mass is 488 g/mol. The minimum absolute atomic E-state index is 0.00980. The lowest BCUT2D eigenvalue weighted by atomic mass is 9.90. The summed E-state index contributed by atoms with van der Waals surface area (Å²) in [6, 6.07) is 6.45. The summed E-state index contributed by atoms with van der Waals surface area (Å²) in [6.45, 7) is 3.94. The minimum atomic E-state index is -4.50. The van der Waals surface area contributed by atoms with E-state index in [0.717, 1.165) is 25.0 Å². The fourth-order valence-corrected chi connectivity index (χ4v) is 4.22. The molecule has 0 saturated carbocycles. The number of carbonyl (C=O) groups is 1. The second kappa shape index (κ2) is 9.97. The third-order valence-electron chi connectivity index (χ3n) is 6.20. The molecule has 3 aromatic rings. The molecule has 0 unspecified atom stereocenters. The van der Waals surface area contributed by atoms with Gasteiger partial charge in [-0.05, 0) is 49.4 Å². The molecule has 2 atom stereocenters. The van der Waals surface area contributed by atoms with Gasteiger partial charge in [-0.3, -0.25) is 4.79 Å². The molecular weight excluding hydrogens is 464 g/mol. The highest BCUT2D eigenvalue weighted by Crippen LogP contribution is 2.32. The molecule has 1 aliphatic heterocycles. The van der Waals surface area contributed by atoms with Gasteiger partial charge in [0.25, 0.3) is 5.91 Å². The third kappa shape index (κ3) is 5.26. The number of piperidine rings is 1. The normalized spacial score (nSPS) is 18.4. The number of hydrogen-bond donors (Lipinski definition) is 0. The zero-order valence-corrected chi connectivity index (χ0v) is 19.2. The standard InChI is InChI=1S/C25H24F4N4O2/c1-15-5-3-12-33(19(15)14-35-20-9-7-17(13-32-20)25(27,28)29)24(34)21-18(8-6-16(2)22(21)26)23-30-10-4-11-31-23/h4,6-11,13,15,19H,3,5,12,14H2,1-2H3/t15-,19-/m1/s1. The Morgan fingerprint density at radius 3 is 2.54 bits per heavy atom. The number of carbonyl (C=O) groups excluding carboxylic acids is 1. The van der Waals surface area contributed by atoms with Gasteiger partial charge in [0.15, 0.2) is 5.82 Å². The van der Waals surface area contributed by atoms with Crippen LogP contribution in [0.2, 0.25) is 0 Å². The van der Waals surface area contributed by atoms with Crippen molar-refractivity contribution in [2.75, 3.05) is 13.2 Å². The molecule has 1 aliphatic rings. The van der Waals surface area contributed by atoms with Gasteiger partial charge in [-0.15, -0.1) is 0 Å². The molecule has 1 amide bonds. The molecule has 0 bridgehead atoms. The van der Waals surface area contributed by atoms with Crippen LogP contribution in [0.5, 0.6) is 5.88 Å². The van der Waals surface area contributed by atoms with Crippen molar-refractivity contribution in [2.45, 2.75) is 38.9 Å². The fraction of sp³-hybridized carbons (Fsp3) is 0.360. The van der Waals surface area contributed by atoms with Crippen LogP contribution in [0.4, 0.5) is 17.6 Å². The maximum Gasteiger partial charge on any atom is 0.417 e. The van der Waals surface area contributed by atoms with Gasteiger partial charge in [-0.25, -0.2) is 19.3 Å². The minimum Gasteiger partial charge on any atom is -0.475 e. The molecular formula is C25H24F4N4O2. The Bertz CT molecular complexity index is 1190. The van der Waals surface area contributed by atoms with Crippen molar-refractivity contribution in [2.24, 2.45) is 5.92 Å². The van der Waals surface area contributed by atoms with Crippen molar-refractivity contribution >= 4 is 5.91 Å². The van der Waals surface area contributed by atoms with E-state index in [1.165, 1.54) is 12.4 Å². The van der Waals surface area contributed by atoms with Crippen LogP contribution >= 0.6 is 0 Å². The van der Waals surface area contributed by atoms with Gasteiger partial charge in [0.05, 0.1) is 17.2 Å². The van der Waals surface area contributed by atoms with E-state index in [9.17, 15) is 18.0 Å². The second-order valence-corrected chi connectivity index (χ2v) is 8.57. The average molecular weight is 488 g/mol. The Balaban J connectivity index is 1.61. The second-order valence-electron chi connectivity index (χ2n) is 8.57. The zero-order valence-electron chi connectivity index (χ0n) is 19.2. The first-order valence-electron chi connectivity index (χ1n) is 11.2. The van der Waals surface area contributed by atoms with E-state index in [0.29, 0.717) is 23.9 Å². The van der Waals surface area contributed by atoms with Crippen LogP contribution in [-0.2, 0) is 6.18 Å². The molecule has 1 saturated heterocycles. The summed E-state index contributed by atoms with van der Waals surface area (Å²) in [5.41, 5.74) is -0.373. The van der Waals surface area contributed by atoms with Crippen LogP contribution in [-0.4, -0.2) is 45.0 Å². The molecule has 2 aromatic heterocycles. The predicted octanol–water partition coefficient (Wildman–Crippen LogP) is 5.32. The van der Waals surface area contributed by atoms with E-state index in [1.54, 1.807) is 30.0 Å². The van der Waals surface area contributed by atoms with Crippen LogP contribution in [0.25, 0.3) is 11.4 Å². The maximum atomic E-state index is 15.3. The molecule has 1 aromatic carbocycles. The van der Waals surface area contributed by atoms with Gasteiger partial charge in [0, 0.05) is 36.8 Å². The molecule has 0 radical (unpaired) electrons. The number of amides is 1. The van der Waals surface area contributed by atoms with Gasteiger partial charge in [-0.1, -0.05) is 13.0 Å². The van der Waals surface area contributed by atoms with Crippen molar-refractivity contribution in [3.05, 3.63) is 71.4 Å². The summed E-state index contributed by atoms with van der Waals surface area (Å²) >= 11 is 0. The molecule has 184 valence electrons. The van der Waals surface area contributed by atoms with E-state index in [-0.39, 0.29) is 29.8 Å². The quantitative estimate of drug-likeness (QED) is 0.455. The van der Waals surface area contributed by atoms with Crippen molar-refractivity contribution < 1.29 is 27.1 Å². The van der Waals surface area contributed by atoms with E-state index in [2.05, 4.69) is 15.0 Å². The first-order chi connectivity index (χ1) is 16.7. The Labute approximate surface area is 200 Å². The first kappa shape index (κ1) is 24.6. The number of aromatic nitrogens is 3. The number of halogens is 4. The summed E-state index contributed by atoms with van der Waals surface area (Å²) in [7, 11) is 0. The van der Waals surface area contributed by atoms with Gasteiger partial charge in [0.2, 0.25) is 5.88 Å². The van der Waals surface area contributed by atoms with Crippen LogP contribution in [0, 0.1) is 18.7 Å². The van der Waals surface area contributed by atoms with Gasteiger partial charge in [0.1, 0.15) is 12.4 Å². The van der Waals surface area contributed by atoms with Gasteiger partial charge >= 0.3 is 6.18 Å². The number of alkyl halides is 3. The highest BCUT2D eigenvalue weighted by Gasteiger charge is 2.36. The third-order valence-corrected chi connectivity index (χ3v) is 6.20. The molecule has 1 fully saturated rings. The molecule has 4 rings (SSSR count). The zero-order chi connectivity index (χ0) is 25.2. The Hall–Kier alpha value is -3.56. The largest absolute Gasteiger partial charge is 0.475 e. The fourth-order valence-electron chi connectivity index (χ4n) is 4.22. The summed E-state index contributed by atoms with van der Waals surface area (Å²) in [4.78, 5) is 27.4. The number of nitrogens with zero attached hydrogens (tertiary/aromatic N) is 4. The molecule has 3 heterocycles. The summed E-state index contributed by atoms with van der Waals surface area (Å²) in [5, 5.41) is 0. The molecule has 10 heteroatoms. The Morgan fingerprint density at radius 2 is 1.89 bits per heavy atom. The SMILES string of the molecule is Cc1ccc(-c2ncccn2)c(C(=O)N2CCC[C@@H](C)[C@H]2COc2ccc(C(F)(F)F)cn2)c1F. The summed E-state index contributed by atoms with van der Waals surface area (Å²) < 4.78 is 59.4. The predicted molar refractivity (Wildman–Crippen MR) is 120 cm³/mol. The lowest BCUT2D eigenvalue weighted by molar-refractivity contribution is -0.137. The number of pyridine rings is 1.